The highest BCUT2D eigenvalue weighted by molar-refractivity contribution is 7.15. The molecule has 8 heteroatoms. The minimum absolute atomic E-state index is 0.00234. The second-order valence-electron chi connectivity index (χ2n) is 9.97. The minimum atomic E-state index is -1.02. The first-order chi connectivity index (χ1) is 17.9. The van der Waals surface area contributed by atoms with Gasteiger partial charge in [-0.15, -0.1) is 11.3 Å². The number of hydrogen-bond donors (Lipinski definition) is 1. The molecule has 3 aromatic heterocycles. The number of furan rings is 1. The first kappa shape index (κ1) is 25.4. The number of nitrogens with zero attached hydrogens (tertiary/aromatic N) is 2. The average Bonchev–Trinajstić information content (AvgIpc) is 3.55. The molecule has 0 saturated heterocycles. The number of fused-ring (bicyclic) bond motifs is 1. The number of aromatic nitrogens is 1. The van der Waals surface area contributed by atoms with Gasteiger partial charge >= 0.3 is 5.97 Å². The summed E-state index contributed by atoms with van der Waals surface area (Å²) in [6.07, 6.45) is 12.4. The summed E-state index contributed by atoms with van der Waals surface area (Å²) >= 11 is 1.21. The number of ether oxygens (including phenoxy) is 1. The van der Waals surface area contributed by atoms with Gasteiger partial charge in [0.25, 0.3) is 0 Å². The van der Waals surface area contributed by atoms with Crippen LogP contribution in [-0.4, -0.2) is 42.2 Å². The number of hydrogen-bond acceptors (Lipinski definition) is 6. The Morgan fingerprint density at radius 2 is 2.05 bits per heavy atom. The summed E-state index contributed by atoms with van der Waals surface area (Å²) in [4.78, 5) is 32.8. The van der Waals surface area contributed by atoms with Gasteiger partial charge in [0.15, 0.2) is 5.58 Å². The predicted molar refractivity (Wildman–Crippen MR) is 145 cm³/mol. The molecule has 0 aromatic carbocycles. The second kappa shape index (κ2) is 11.0. The number of anilines is 1. The molecule has 1 N–H and O–H groups in total. The molecule has 194 valence electrons. The number of carbonyl (C=O) groups excluding carboxylic acids is 1. The summed E-state index contributed by atoms with van der Waals surface area (Å²) in [5, 5.41) is 10.0. The van der Waals surface area contributed by atoms with Crippen molar-refractivity contribution in [3.63, 3.8) is 0 Å². The number of methoxy groups -OCH3 is 1. The van der Waals surface area contributed by atoms with E-state index in [9.17, 15) is 14.7 Å². The Balaban J connectivity index is 1.39. The van der Waals surface area contributed by atoms with E-state index >= 15 is 0 Å². The molecule has 1 saturated carbocycles. The maximum Gasteiger partial charge on any atom is 0.348 e. The van der Waals surface area contributed by atoms with E-state index in [-0.39, 0.29) is 22.6 Å². The van der Waals surface area contributed by atoms with Crippen molar-refractivity contribution in [3.8, 4) is 0 Å². The lowest BCUT2D eigenvalue weighted by Gasteiger charge is -2.31. The van der Waals surface area contributed by atoms with Crippen molar-refractivity contribution in [1.29, 1.82) is 0 Å². The van der Waals surface area contributed by atoms with E-state index in [2.05, 4.69) is 24.1 Å². The zero-order chi connectivity index (χ0) is 25.9. The molecule has 37 heavy (non-hydrogen) atoms. The fourth-order valence-corrected chi connectivity index (χ4v) is 6.24. The maximum atomic E-state index is 13.6. The van der Waals surface area contributed by atoms with E-state index in [1.807, 2.05) is 30.3 Å². The molecule has 1 amide bonds. The molecule has 5 rings (SSSR count). The minimum Gasteiger partial charge on any atom is -0.477 e. The van der Waals surface area contributed by atoms with Crippen LogP contribution in [0.15, 0.2) is 53.1 Å². The smallest absolute Gasteiger partial charge is 0.348 e. The maximum absolute atomic E-state index is 13.6. The molecule has 2 aliphatic rings. The molecule has 2 aliphatic carbocycles. The number of pyridine rings is 1. The number of amides is 1. The Morgan fingerprint density at radius 3 is 2.73 bits per heavy atom. The zero-order valence-electron chi connectivity index (χ0n) is 21.2. The van der Waals surface area contributed by atoms with Crippen molar-refractivity contribution in [1.82, 2.24) is 4.98 Å². The van der Waals surface area contributed by atoms with Crippen molar-refractivity contribution < 1.29 is 23.8 Å². The molecule has 1 atom stereocenters. The van der Waals surface area contributed by atoms with E-state index in [0.717, 1.165) is 59.4 Å². The summed E-state index contributed by atoms with van der Waals surface area (Å²) < 4.78 is 11.3. The van der Waals surface area contributed by atoms with E-state index in [1.165, 1.54) is 11.3 Å². The van der Waals surface area contributed by atoms with Crippen LogP contribution in [0.1, 0.15) is 65.3 Å². The number of allylic oxidation sites excluding steroid dienone is 4. The molecule has 7 nitrogen and oxygen atoms in total. The summed E-state index contributed by atoms with van der Waals surface area (Å²) in [7, 11) is 1.59. The largest absolute Gasteiger partial charge is 0.477 e. The van der Waals surface area contributed by atoms with Gasteiger partial charge in [0, 0.05) is 42.6 Å². The summed E-state index contributed by atoms with van der Waals surface area (Å²) in [6, 6.07) is 7.59. The quantitative estimate of drug-likeness (QED) is 0.363. The molecule has 0 radical (unpaired) electrons. The van der Waals surface area contributed by atoms with Crippen molar-refractivity contribution in [2.45, 2.75) is 44.9 Å². The van der Waals surface area contributed by atoms with Gasteiger partial charge in [0.1, 0.15) is 16.2 Å². The summed E-state index contributed by atoms with van der Waals surface area (Å²) in [5.41, 5.74) is 3.02. The fourth-order valence-electron chi connectivity index (χ4n) is 5.22. The van der Waals surface area contributed by atoms with Crippen LogP contribution < -0.4 is 4.90 Å². The Bertz CT molecular complexity index is 1310. The van der Waals surface area contributed by atoms with Crippen LogP contribution in [0.5, 0.6) is 0 Å². The number of carboxylic acid groups (broad SMARTS) is 1. The third-order valence-corrected chi connectivity index (χ3v) is 8.57. The molecular formula is C29H32N2O5S. The van der Waals surface area contributed by atoms with Gasteiger partial charge < -0.3 is 19.2 Å². The normalized spacial score (nSPS) is 21.7. The Morgan fingerprint density at radius 1 is 1.24 bits per heavy atom. The number of carbonyl (C=O) groups is 2. The molecule has 3 heterocycles. The van der Waals surface area contributed by atoms with Crippen LogP contribution in [0.4, 0.5) is 5.69 Å². The lowest BCUT2D eigenvalue weighted by Crippen LogP contribution is -2.40. The fraction of sp³-hybridized carbons (Fsp3) is 0.414. The lowest BCUT2D eigenvalue weighted by molar-refractivity contribution is -0.123. The molecule has 0 spiro atoms. The van der Waals surface area contributed by atoms with Crippen LogP contribution in [0.3, 0.4) is 0 Å². The summed E-state index contributed by atoms with van der Waals surface area (Å²) in [5.74, 6) is 0.477. The number of rotatable bonds is 8. The van der Waals surface area contributed by atoms with Gasteiger partial charge in [-0.05, 0) is 61.8 Å². The monoisotopic (exact) mass is 520 g/mol. The lowest BCUT2D eigenvalue weighted by atomic mass is 9.82. The van der Waals surface area contributed by atoms with E-state index < -0.39 is 5.97 Å². The molecular weight excluding hydrogens is 488 g/mol. The second-order valence-corrected chi connectivity index (χ2v) is 11.0. The SMILES string of the molecule is COCCN(C(=O)C1CCC(C)CC1)c1cc(C2=CCC(c3cc4ncccc4o3)C=C2)sc1C(=O)O. The highest BCUT2D eigenvalue weighted by Gasteiger charge is 2.32. The first-order valence-corrected chi connectivity index (χ1v) is 13.7. The Labute approximate surface area is 220 Å². The molecule has 0 bridgehead atoms. The highest BCUT2D eigenvalue weighted by Crippen LogP contribution is 2.40. The zero-order valence-corrected chi connectivity index (χ0v) is 22.0. The van der Waals surface area contributed by atoms with Crippen molar-refractivity contribution >= 4 is 45.6 Å². The topological polar surface area (TPSA) is 92.9 Å². The van der Waals surface area contributed by atoms with Crippen molar-refractivity contribution in [3.05, 3.63) is 64.2 Å². The average molecular weight is 521 g/mol. The van der Waals surface area contributed by atoms with Gasteiger partial charge in [0.05, 0.1) is 12.3 Å². The Kier molecular flexibility index (Phi) is 7.58. The van der Waals surface area contributed by atoms with Gasteiger partial charge in [-0.2, -0.15) is 0 Å². The highest BCUT2D eigenvalue weighted by atomic mass is 32.1. The van der Waals surface area contributed by atoms with Crippen LogP contribution in [-0.2, 0) is 9.53 Å². The molecule has 1 unspecified atom stereocenters. The van der Waals surface area contributed by atoms with Crippen LogP contribution in [0.2, 0.25) is 0 Å². The van der Waals surface area contributed by atoms with Gasteiger partial charge in [-0.1, -0.05) is 25.2 Å². The Hall–Kier alpha value is -3.23. The number of thiophene rings is 1. The van der Waals surface area contributed by atoms with Crippen LogP contribution >= 0.6 is 11.3 Å². The third-order valence-electron chi connectivity index (χ3n) is 7.40. The first-order valence-electron chi connectivity index (χ1n) is 12.8. The number of carboxylic acids is 1. The van der Waals surface area contributed by atoms with E-state index in [0.29, 0.717) is 24.8 Å². The van der Waals surface area contributed by atoms with Crippen molar-refractivity contribution in [2.24, 2.45) is 11.8 Å². The van der Waals surface area contributed by atoms with Gasteiger partial charge in [-0.3, -0.25) is 9.78 Å². The van der Waals surface area contributed by atoms with Crippen LogP contribution in [0, 0.1) is 11.8 Å². The van der Waals surface area contributed by atoms with Gasteiger partial charge in [0.2, 0.25) is 5.91 Å². The van der Waals surface area contributed by atoms with E-state index in [1.54, 1.807) is 18.2 Å². The molecule has 1 fully saturated rings. The molecule has 0 aliphatic heterocycles. The molecule has 3 aromatic rings. The predicted octanol–water partition coefficient (Wildman–Crippen LogP) is 6.52. The summed E-state index contributed by atoms with van der Waals surface area (Å²) in [6.45, 7) is 2.89. The third kappa shape index (κ3) is 5.40. The van der Waals surface area contributed by atoms with Gasteiger partial charge in [-0.25, -0.2) is 4.79 Å². The number of aromatic carboxylic acids is 1. The van der Waals surface area contributed by atoms with E-state index in [4.69, 9.17) is 9.15 Å². The van der Waals surface area contributed by atoms with Crippen LogP contribution in [0.25, 0.3) is 16.7 Å². The standard InChI is InChI=1S/C29H32N2O5S/c1-18-5-7-21(8-6-18)28(32)31(14-15-35-2)23-17-26(37-27(23)29(33)34)20-11-9-19(10-12-20)25-16-22-24(36-25)4-3-13-30-22/h3-4,9,11-13,16-19,21H,5-8,10,14-15H2,1-2H3,(H,33,34). The van der Waals surface area contributed by atoms with Crippen molar-refractivity contribution in [2.75, 3.05) is 25.2 Å².